The second-order valence-corrected chi connectivity index (χ2v) is 8.85. The van der Waals surface area contributed by atoms with Gasteiger partial charge in [-0.1, -0.05) is 47.2 Å². The number of halogens is 1. The van der Waals surface area contributed by atoms with Crippen LogP contribution < -0.4 is 24.4 Å². The van der Waals surface area contributed by atoms with Gasteiger partial charge in [-0.25, -0.2) is 9.79 Å². The molecule has 0 radical (unpaired) electrons. The fraction of sp³-hybridized carbons (Fsp3) is 0.240. The van der Waals surface area contributed by atoms with Crippen LogP contribution >= 0.6 is 22.9 Å². The van der Waals surface area contributed by atoms with Gasteiger partial charge in [0.25, 0.3) is 5.56 Å². The molecule has 2 aromatic carbocycles. The molecule has 1 aromatic heterocycles. The van der Waals surface area contributed by atoms with Crippen molar-refractivity contribution in [3.63, 3.8) is 0 Å². The van der Waals surface area contributed by atoms with Gasteiger partial charge < -0.3 is 14.2 Å². The topological polar surface area (TPSA) is 79.1 Å². The third-order valence-electron chi connectivity index (χ3n) is 5.42. The molecule has 3 aromatic rings. The van der Waals surface area contributed by atoms with Crippen LogP contribution in [0.5, 0.6) is 11.5 Å². The lowest BCUT2D eigenvalue weighted by atomic mass is 9.96. The molecule has 34 heavy (non-hydrogen) atoms. The van der Waals surface area contributed by atoms with E-state index in [0.29, 0.717) is 42.7 Å². The van der Waals surface area contributed by atoms with Crippen molar-refractivity contribution in [2.24, 2.45) is 4.99 Å². The first-order valence-electron chi connectivity index (χ1n) is 10.6. The average Bonchev–Trinajstić information content (AvgIpc) is 3.13. The molecule has 0 saturated carbocycles. The summed E-state index contributed by atoms with van der Waals surface area (Å²) in [6.07, 6.45) is 1.76. The summed E-state index contributed by atoms with van der Waals surface area (Å²) in [5, 5.41) is 0.443. The van der Waals surface area contributed by atoms with E-state index in [-0.39, 0.29) is 12.2 Å². The van der Waals surface area contributed by atoms with E-state index in [9.17, 15) is 9.59 Å². The van der Waals surface area contributed by atoms with Crippen LogP contribution in [0.15, 0.2) is 63.5 Å². The Kier molecular flexibility index (Phi) is 6.90. The molecule has 0 amide bonds. The Morgan fingerprint density at radius 1 is 1.18 bits per heavy atom. The van der Waals surface area contributed by atoms with Gasteiger partial charge in [-0.05, 0) is 49.2 Å². The number of carbonyl (C=O) groups is 1. The molecule has 4 rings (SSSR count). The lowest BCUT2D eigenvalue weighted by molar-refractivity contribution is -0.139. The zero-order chi connectivity index (χ0) is 24.4. The van der Waals surface area contributed by atoms with Gasteiger partial charge in [0.1, 0.15) is 6.04 Å². The molecule has 0 bridgehead atoms. The molecule has 0 aliphatic carbocycles. The molecule has 0 spiro atoms. The number of hydrogen-bond acceptors (Lipinski definition) is 7. The zero-order valence-electron chi connectivity index (χ0n) is 19.1. The van der Waals surface area contributed by atoms with Crippen molar-refractivity contribution in [1.82, 2.24) is 4.57 Å². The number of methoxy groups -OCH3 is 2. The molecule has 176 valence electrons. The van der Waals surface area contributed by atoms with E-state index < -0.39 is 12.0 Å². The lowest BCUT2D eigenvalue weighted by Crippen LogP contribution is -2.40. The van der Waals surface area contributed by atoms with E-state index in [1.54, 1.807) is 64.5 Å². The van der Waals surface area contributed by atoms with E-state index in [1.165, 1.54) is 15.9 Å². The van der Waals surface area contributed by atoms with Crippen LogP contribution in [0, 0.1) is 0 Å². The number of allylic oxidation sites excluding steroid dienone is 1. The predicted octanol–water partition coefficient (Wildman–Crippen LogP) is 3.47. The number of thiazole rings is 1. The molecule has 1 atom stereocenters. The Hall–Kier alpha value is -3.36. The van der Waals surface area contributed by atoms with E-state index in [0.717, 1.165) is 5.56 Å². The smallest absolute Gasteiger partial charge is 0.338 e. The molecule has 0 unspecified atom stereocenters. The van der Waals surface area contributed by atoms with Crippen LogP contribution in [0.3, 0.4) is 0 Å². The number of hydrogen-bond donors (Lipinski definition) is 0. The standard InChI is InChI=1S/C25H23ClN2O5S/c1-5-33-24(30)21-14(2)27-25-28(22(21)16-8-6-7-9-17(16)26)23(29)20(34-25)13-15-10-11-18(31-3)19(12-15)32-4/h6-13,22H,5H2,1-4H3/b20-13-/t22-/m0/s1. The van der Waals surface area contributed by atoms with Gasteiger partial charge in [-0.3, -0.25) is 9.36 Å². The minimum Gasteiger partial charge on any atom is -0.493 e. The van der Waals surface area contributed by atoms with Crippen LogP contribution in [0.1, 0.15) is 31.0 Å². The molecule has 0 N–H and O–H groups in total. The summed E-state index contributed by atoms with van der Waals surface area (Å²) >= 11 is 7.76. The SMILES string of the molecule is CCOC(=O)C1=C(C)N=c2s/c(=C\c3ccc(OC)c(OC)c3)c(=O)n2[C@H]1c1ccccc1Cl. The number of esters is 1. The number of nitrogens with zero attached hydrogens (tertiary/aromatic N) is 2. The fourth-order valence-electron chi connectivity index (χ4n) is 3.88. The van der Waals surface area contributed by atoms with Crippen LogP contribution in [-0.4, -0.2) is 31.4 Å². The van der Waals surface area contributed by atoms with Crippen molar-refractivity contribution in [1.29, 1.82) is 0 Å². The van der Waals surface area contributed by atoms with Crippen LogP contribution in [0.4, 0.5) is 0 Å². The highest BCUT2D eigenvalue weighted by Crippen LogP contribution is 2.34. The Balaban J connectivity index is 1.95. The van der Waals surface area contributed by atoms with Crippen molar-refractivity contribution < 1.29 is 19.0 Å². The largest absolute Gasteiger partial charge is 0.493 e. The fourth-order valence-corrected chi connectivity index (χ4v) is 5.16. The molecule has 0 saturated heterocycles. The first-order chi connectivity index (χ1) is 16.4. The number of benzene rings is 2. The summed E-state index contributed by atoms with van der Waals surface area (Å²) in [5.74, 6) is 0.621. The predicted molar refractivity (Wildman–Crippen MR) is 131 cm³/mol. The summed E-state index contributed by atoms with van der Waals surface area (Å²) in [6.45, 7) is 3.67. The van der Waals surface area contributed by atoms with Gasteiger partial charge in [0.15, 0.2) is 16.3 Å². The summed E-state index contributed by atoms with van der Waals surface area (Å²) in [4.78, 5) is 31.6. The maximum absolute atomic E-state index is 13.6. The zero-order valence-corrected chi connectivity index (χ0v) is 20.7. The molecular weight excluding hydrogens is 476 g/mol. The van der Waals surface area contributed by atoms with E-state index in [1.807, 2.05) is 12.1 Å². The monoisotopic (exact) mass is 498 g/mol. The summed E-state index contributed by atoms with van der Waals surface area (Å²) in [6, 6.07) is 11.8. The molecule has 1 aliphatic rings. The van der Waals surface area contributed by atoms with E-state index in [2.05, 4.69) is 4.99 Å². The highest BCUT2D eigenvalue weighted by Gasteiger charge is 2.34. The lowest BCUT2D eigenvalue weighted by Gasteiger charge is -2.25. The summed E-state index contributed by atoms with van der Waals surface area (Å²) < 4.78 is 17.9. The summed E-state index contributed by atoms with van der Waals surface area (Å²) in [7, 11) is 3.12. The van der Waals surface area contributed by atoms with Crippen molar-refractivity contribution in [3.8, 4) is 11.5 Å². The Morgan fingerprint density at radius 3 is 2.59 bits per heavy atom. The van der Waals surface area contributed by atoms with Crippen molar-refractivity contribution in [2.75, 3.05) is 20.8 Å². The Labute approximate surface area is 205 Å². The summed E-state index contributed by atoms with van der Waals surface area (Å²) in [5.41, 5.74) is 1.89. The van der Waals surface area contributed by atoms with Gasteiger partial charge >= 0.3 is 5.97 Å². The average molecular weight is 499 g/mol. The third kappa shape index (κ3) is 4.26. The van der Waals surface area contributed by atoms with Crippen LogP contribution in [0.25, 0.3) is 6.08 Å². The first kappa shape index (κ1) is 23.8. The van der Waals surface area contributed by atoms with Crippen molar-refractivity contribution >= 4 is 35.0 Å². The Bertz CT molecular complexity index is 1470. The van der Waals surface area contributed by atoms with Gasteiger partial charge in [-0.2, -0.15) is 0 Å². The van der Waals surface area contributed by atoms with Gasteiger partial charge in [0.2, 0.25) is 0 Å². The van der Waals surface area contributed by atoms with Crippen molar-refractivity contribution in [3.05, 3.63) is 89.6 Å². The highest BCUT2D eigenvalue weighted by atomic mass is 35.5. The Morgan fingerprint density at radius 2 is 1.91 bits per heavy atom. The third-order valence-corrected chi connectivity index (χ3v) is 6.75. The maximum Gasteiger partial charge on any atom is 0.338 e. The molecule has 9 heteroatoms. The number of ether oxygens (including phenoxy) is 3. The highest BCUT2D eigenvalue weighted by molar-refractivity contribution is 7.07. The quantitative estimate of drug-likeness (QED) is 0.486. The van der Waals surface area contributed by atoms with Gasteiger partial charge in [-0.15, -0.1) is 0 Å². The van der Waals surface area contributed by atoms with Crippen LogP contribution in [-0.2, 0) is 9.53 Å². The normalized spacial score (nSPS) is 15.6. The molecule has 7 nitrogen and oxygen atoms in total. The van der Waals surface area contributed by atoms with Gasteiger partial charge in [0, 0.05) is 5.02 Å². The number of carbonyl (C=O) groups excluding carboxylic acids is 1. The molecule has 1 aliphatic heterocycles. The maximum atomic E-state index is 13.6. The van der Waals surface area contributed by atoms with Crippen molar-refractivity contribution in [2.45, 2.75) is 19.9 Å². The second-order valence-electron chi connectivity index (χ2n) is 7.44. The molecule has 2 heterocycles. The number of fused-ring (bicyclic) bond motifs is 1. The van der Waals surface area contributed by atoms with E-state index in [4.69, 9.17) is 25.8 Å². The van der Waals surface area contributed by atoms with Crippen LogP contribution in [0.2, 0.25) is 5.02 Å². The van der Waals surface area contributed by atoms with E-state index >= 15 is 0 Å². The molecular formula is C25H23ClN2O5S. The minimum atomic E-state index is -0.753. The second kappa shape index (κ2) is 9.87. The van der Waals surface area contributed by atoms with Gasteiger partial charge in [0.05, 0.1) is 36.6 Å². The number of aromatic nitrogens is 1. The first-order valence-corrected chi connectivity index (χ1v) is 11.7. The number of rotatable bonds is 6. The molecule has 0 fully saturated rings. The minimum absolute atomic E-state index is 0.203.